The number of anilines is 2. The third-order valence-corrected chi connectivity index (χ3v) is 5.66. The normalized spacial score (nSPS) is 15.4. The average Bonchev–Trinajstić information content (AvgIpc) is 3.17. The van der Waals surface area contributed by atoms with Crippen LogP contribution in [0.3, 0.4) is 0 Å². The fourth-order valence-electron chi connectivity index (χ4n) is 3.23. The topological polar surface area (TPSA) is 87.2 Å². The molecule has 3 rings (SSSR count). The van der Waals surface area contributed by atoms with E-state index in [9.17, 15) is 9.59 Å². The van der Waals surface area contributed by atoms with E-state index in [0.717, 1.165) is 23.9 Å². The summed E-state index contributed by atoms with van der Waals surface area (Å²) in [5.41, 5.74) is 0.985. The van der Waals surface area contributed by atoms with Gasteiger partial charge in [-0.15, -0.1) is 11.3 Å². The number of thiazole rings is 1. The number of aromatic nitrogens is 2. The Morgan fingerprint density at radius 3 is 2.54 bits per heavy atom. The molecule has 8 heteroatoms. The number of amides is 2. The van der Waals surface area contributed by atoms with Crippen molar-refractivity contribution >= 4 is 34.7 Å². The summed E-state index contributed by atoms with van der Waals surface area (Å²) in [5.74, 6) is 0.737. The molecular formula is C20H27N5O2S. The molecule has 0 aromatic carbocycles. The molecule has 0 aliphatic carbocycles. The maximum absolute atomic E-state index is 12.5. The van der Waals surface area contributed by atoms with Crippen molar-refractivity contribution in [2.24, 2.45) is 5.92 Å². The van der Waals surface area contributed by atoms with Crippen LogP contribution >= 0.6 is 11.3 Å². The molecule has 150 valence electrons. The number of hydrogen-bond donors (Lipinski definition) is 2. The van der Waals surface area contributed by atoms with Crippen molar-refractivity contribution in [3.05, 3.63) is 34.4 Å². The Hall–Kier alpha value is -2.48. The highest BCUT2D eigenvalue weighted by Crippen LogP contribution is 2.25. The highest BCUT2D eigenvalue weighted by atomic mass is 32.1. The third-order valence-electron chi connectivity index (χ3n) is 4.73. The number of nitrogens with one attached hydrogen (secondary N) is 2. The summed E-state index contributed by atoms with van der Waals surface area (Å²) < 4.78 is 0. The fourth-order valence-corrected chi connectivity index (χ4v) is 4.25. The quantitative estimate of drug-likeness (QED) is 0.772. The molecule has 0 spiro atoms. The van der Waals surface area contributed by atoms with Crippen molar-refractivity contribution in [2.45, 2.75) is 46.1 Å². The summed E-state index contributed by atoms with van der Waals surface area (Å²) in [6.07, 6.45) is 5.35. The van der Waals surface area contributed by atoms with Gasteiger partial charge in [-0.25, -0.2) is 9.97 Å². The second-order valence-electron chi connectivity index (χ2n) is 7.40. The van der Waals surface area contributed by atoms with Gasteiger partial charge in [0, 0.05) is 25.4 Å². The molecule has 1 aliphatic heterocycles. The fraction of sp³-hybridized carbons (Fsp3) is 0.500. The van der Waals surface area contributed by atoms with Crippen LogP contribution in [-0.2, 0) is 4.79 Å². The van der Waals surface area contributed by atoms with Crippen LogP contribution in [-0.4, -0.2) is 34.9 Å². The van der Waals surface area contributed by atoms with Crippen molar-refractivity contribution in [2.75, 3.05) is 23.3 Å². The van der Waals surface area contributed by atoms with Gasteiger partial charge in [0.05, 0.1) is 17.9 Å². The smallest absolute Gasteiger partial charge is 0.275 e. The van der Waals surface area contributed by atoms with Crippen molar-refractivity contribution in [3.8, 4) is 0 Å². The largest absolute Gasteiger partial charge is 0.357 e. The standard InChI is InChI=1S/C20H27N5O2S/c1-13(2)18(22-14(3)26)20-24-16(12-28-20)19(27)23-15-7-8-17(21-11-15)25-9-5-4-6-10-25/h7-8,11-13,18H,4-6,9-10H2,1-3H3,(H,22,26)(H,23,27)/t18-/m0/s1. The maximum Gasteiger partial charge on any atom is 0.275 e. The zero-order chi connectivity index (χ0) is 20.1. The number of carbonyl (C=O) groups excluding carboxylic acids is 2. The molecule has 28 heavy (non-hydrogen) atoms. The van der Waals surface area contributed by atoms with Crippen LogP contribution in [0.15, 0.2) is 23.7 Å². The van der Waals surface area contributed by atoms with E-state index in [1.165, 1.54) is 37.5 Å². The van der Waals surface area contributed by atoms with Crippen LogP contribution in [0.25, 0.3) is 0 Å². The molecule has 3 heterocycles. The molecule has 2 aromatic rings. The van der Waals surface area contributed by atoms with Crippen molar-refractivity contribution < 1.29 is 9.59 Å². The Kier molecular flexibility index (Phi) is 6.61. The monoisotopic (exact) mass is 401 g/mol. The number of pyridine rings is 1. The van der Waals surface area contributed by atoms with E-state index < -0.39 is 0 Å². The van der Waals surface area contributed by atoms with Crippen LogP contribution in [0.5, 0.6) is 0 Å². The lowest BCUT2D eigenvalue weighted by Gasteiger charge is -2.27. The summed E-state index contributed by atoms with van der Waals surface area (Å²) in [4.78, 5) is 35.2. The van der Waals surface area contributed by atoms with Crippen molar-refractivity contribution in [3.63, 3.8) is 0 Å². The molecule has 0 saturated carbocycles. The SMILES string of the molecule is CC(=O)N[C@H](c1nc(C(=O)Nc2ccc(N3CCCCC3)nc2)cs1)C(C)C. The van der Waals surface area contributed by atoms with E-state index >= 15 is 0 Å². The summed E-state index contributed by atoms with van der Waals surface area (Å²) in [6, 6.07) is 3.62. The van der Waals surface area contributed by atoms with Crippen LogP contribution < -0.4 is 15.5 Å². The first kappa shape index (κ1) is 20.3. The van der Waals surface area contributed by atoms with Crippen LogP contribution in [0.4, 0.5) is 11.5 Å². The molecule has 7 nitrogen and oxygen atoms in total. The second kappa shape index (κ2) is 9.14. The zero-order valence-electron chi connectivity index (χ0n) is 16.6. The molecule has 1 saturated heterocycles. The lowest BCUT2D eigenvalue weighted by atomic mass is 10.1. The Morgan fingerprint density at radius 2 is 1.93 bits per heavy atom. The van der Waals surface area contributed by atoms with E-state index in [1.807, 2.05) is 26.0 Å². The number of hydrogen-bond acceptors (Lipinski definition) is 6. The first-order chi connectivity index (χ1) is 13.4. The van der Waals surface area contributed by atoms with E-state index in [4.69, 9.17) is 0 Å². The van der Waals surface area contributed by atoms with E-state index in [-0.39, 0.29) is 23.8 Å². The number of rotatable bonds is 6. The van der Waals surface area contributed by atoms with Gasteiger partial charge in [-0.3, -0.25) is 9.59 Å². The van der Waals surface area contributed by atoms with Crippen LogP contribution in [0.1, 0.15) is 61.6 Å². The summed E-state index contributed by atoms with van der Waals surface area (Å²) in [5, 5.41) is 8.20. The lowest BCUT2D eigenvalue weighted by Crippen LogP contribution is -2.30. The summed E-state index contributed by atoms with van der Waals surface area (Å²) in [6.45, 7) is 7.57. The molecule has 2 amide bonds. The van der Waals surface area contributed by atoms with Crippen molar-refractivity contribution in [1.82, 2.24) is 15.3 Å². The highest BCUT2D eigenvalue weighted by Gasteiger charge is 2.22. The van der Waals surface area contributed by atoms with Crippen molar-refractivity contribution in [1.29, 1.82) is 0 Å². The van der Waals surface area contributed by atoms with E-state index in [2.05, 4.69) is 25.5 Å². The first-order valence-corrected chi connectivity index (χ1v) is 10.6. The number of piperidine rings is 1. The van der Waals surface area contributed by atoms with Crippen LogP contribution in [0, 0.1) is 5.92 Å². The summed E-state index contributed by atoms with van der Waals surface area (Å²) in [7, 11) is 0. The Bertz CT molecular complexity index is 812. The third kappa shape index (κ3) is 5.07. The Balaban J connectivity index is 1.64. The number of nitrogens with zero attached hydrogens (tertiary/aromatic N) is 3. The Labute approximate surface area is 169 Å². The molecule has 0 radical (unpaired) electrons. The molecule has 2 N–H and O–H groups in total. The molecule has 2 aromatic heterocycles. The van der Waals surface area contributed by atoms with Gasteiger partial charge < -0.3 is 15.5 Å². The predicted octanol–water partition coefficient (Wildman–Crippen LogP) is 3.61. The molecule has 1 atom stereocenters. The first-order valence-electron chi connectivity index (χ1n) is 9.69. The molecule has 1 fully saturated rings. The number of carbonyl (C=O) groups is 2. The maximum atomic E-state index is 12.5. The molecular weight excluding hydrogens is 374 g/mol. The van der Waals surface area contributed by atoms with Crippen LogP contribution in [0.2, 0.25) is 0 Å². The van der Waals surface area contributed by atoms with Gasteiger partial charge in [-0.1, -0.05) is 13.8 Å². The van der Waals surface area contributed by atoms with Gasteiger partial charge in [0.15, 0.2) is 0 Å². The van der Waals surface area contributed by atoms with Gasteiger partial charge in [0.25, 0.3) is 5.91 Å². The van der Waals surface area contributed by atoms with Gasteiger partial charge in [-0.05, 0) is 37.3 Å². The lowest BCUT2D eigenvalue weighted by molar-refractivity contribution is -0.120. The molecule has 0 unspecified atom stereocenters. The minimum absolute atomic E-state index is 0.111. The highest BCUT2D eigenvalue weighted by molar-refractivity contribution is 7.10. The van der Waals surface area contributed by atoms with E-state index in [0.29, 0.717) is 11.4 Å². The van der Waals surface area contributed by atoms with Gasteiger partial charge in [-0.2, -0.15) is 0 Å². The predicted molar refractivity (Wildman–Crippen MR) is 112 cm³/mol. The Morgan fingerprint density at radius 1 is 1.18 bits per heavy atom. The summed E-state index contributed by atoms with van der Waals surface area (Å²) >= 11 is 1.38. The minimum Gasteiger partial charge on any atom is -0.357 e. The second-order valence-corrected chi connectivity index (χ2v) is 8.29. The minimum atomic E-state index is -0.277. The van der Waals surface area contributed by atoms with Gasteiger partial charge >= 0.3 is 0 Å². The van der Waals surface area contributed by atoms with E-state index in [1.54, 1.807) is 11.6 Å². The molecule has 1 aliphatic rings. The average molecular weight is 402 g/mol. The zero-order valence-corrected chi connectivity index (χ0v) is 17.4. The van der Waals surface area contributed by atoms with Gasteiger partial charge in [0.1, 0.15) is 16.5 Å². The molecule has 0 bridgehead atoms. The van der Waals surface area contributed by atoms with Gasteiger partial charge in [0.2, 0.25) is 5.91 Å².